The number of benzene rings is 2. The predicted molar refractivity (Wildman–Crippen MR) is 120 cm³/mol. The molecule has 27 heavy (non-hydrogen) atoms. The number of nitrogens with two attached hydrogens (primary N) is 1. The van der Waals surface area contributed by atoms with Gasteiger partial charge in [0, 0.05) is 18.7 Å². The van der Waals surface area contributed by atoms with Gasteiger partial charge < -0.3 is 16.4 Å². The lowest BCUT2D eigenvalue weighted by atomic mass is 10.1. The molecule has 0 heterocycles. The van der Waals surface area contributed by atoms with E-state index in [0.29, 0.717) is 18.0 Å². The predicted octanol–water partition coefficient (Wildman–Crippen LogP) is 5.64. The molecule has 0 aromatic heterocycles. The van der Waals surface area contributed by atoms with Crippen LogP contribution in [0, 0.1) is 0 Å². The van der Waals surface area contributed by atoms with Crippen molar-refractivity contribution in [2.75, 3.05) is 17.2 Å². The molecule has 2 aromatic carbocycles. The van der Waals surface area contributed by atoms with Crippen LogP contribution in [0.4, 0.5) is 11.4 Å². The lowest BCUT2D eigenvalue weighted by Gasteiger charge is -2.11. The number of carbonyl (C=O) groups is 1. The lowest BCUT2D eigenvalue weighted by molar-refractivity contribution is -0.116. The summed E-state index contributed by atoms with van der Waals surface area (Å²) in [6.45, 7) is 1.42. The Kier molecular flexibility index (Phi) is 13.8. The fourth-order valence-electron chi connectivity index (χ4n) is 2.54. The highest BCUT2D eigenvalue weighted by Crippen LogP contribution is 2.26. The summed E-state index contributed by atoms with van der Waals surface area (Å²) in [5, 5.41) is 6.80. The van der Waals surface area contributed by atoms with Crippen molar-refractivity contribution in [2.45, 2.75) is 38.6 Å². The smallest absolute Gasteiger partial charge is 0.224 e. The van der Waals surface area contributed by atoms with Gasteiger partial charge >= 0.3 is 0 Å². The summed E-state index contributed by atoms with van der Waals surface area (Å²) in [5.74, 6) is 0.0220. The van der Waals surface area contributed by atoms with Crippen LogP contribution in [0.15, 0.2) is 48.5 Å². The highest BCUT2D eigenvalue weighted by Gasteiger charge is 2.06. The van der Waals surface area contributed by atoms with Crippen LogP contribution in [0.5, 0.6) is 0 Å². The minimum absolute atomic E-state index is 0. The van der Waals surface area contributed by atoms with Gasteiger partial charge in [-0.2, -0.15) is 0 Å². The van der Waals surface area contributed by atoms with E-state index in [-0.39, 0.29) is 30.7 Å². The molecule has 0 radical (unpaired) electrons. The number of halogens is 3. The SMILES string of the molecule is Cl.Cl.NCCCCCCC(=O)Nc1ccc(NCc2ccccc2)c(Cl)c1. The van der Waals surface area contributed by atoms with E-state index in [1.54, 1.807) is 6.07 Å². The second-order valence-corrected chi connectivity index (χ2v) is 6.44. The number of rotatable bonds is 10. The molecule has 7 heteroatoms. The second kappa shape index (κ2) is 14.6. The summed E-state index contributed by atoms with van der Waals surface area (Å²) in [4.78, 5) is 12.0. The van der Waals surface area contributed by atoms with Crippen molar-refractivity contribution >= 4 is 53.7 Å². The Balaban J connectivity index is 0.00000338. The Morgan fingerprint density at radius 2 is 1.67 bits per heavy atom. The number of hydrogen-bond acceptors (Lipinski definition) is 3. The molecule has 0 bridgehead atoms. The molecular weight excluding hydrogens is 405 g/mol. The van der Waals surface area contributed by atoms with Gasteiger partial charge in [-0.05, 0) is 43.1 Å². The first-order chi connectivity index (χ1) is 12.2. The van der Waals surface area contributed by atoms with Crippen LogP contribution in [-0.4, -0.2) is 12.5 Å². The Hall–Kier alpha value is -1.46. The summed E-state index contributed by atoms with van der Waals surface area (Å²) < 4.78 is 0. The van der Waals surface area contributed by atoms with Crippen molar-refractivity contribution in [1.82, 2.24) is 0 Å². The maximum atomic E-state index is 12.0. The zero-order chi connectivity index (χ0) is 17.9. The minimum Gasteiger partial charge on any atom is -0.380 e. The maximum Gasteiger partial charge on any atom is 0.224 e. The zero-order valence-corrected chi connectivity index (χ0v) is 17.6. The van der Waals surface area contributed by atoms with E-state index in [9.17, 15) is 4.79 Å². The summed E-state index contributed by atoms with van der Waals surface area (Å²) in [5.41, 5.74) is 8.22. The summed E-state index contributed by atoms with van der Waals surface area (Å²) >= 11 is 6.31. The Morgan fingerprint density at radius 1 is 0.963 bits per heavy atom. The van der Waals surface area contributed by atoms with E-state index in [2.05, 4.69) is 22.8 Å². The number of hydrogen-bond donors (Lipinski definition) is 3. The Bertz CT molecular complexity index is 669. The van der Waals surface area contributed by atoms with Gasteiger partial charge in [-0.15, -0.1) is 24.8 Å². The molecule has 0 fully saturated rings. The molecule has 0 unspecified atom stereocenters. The van der Waals surface area contributed by atoms with Gasteiger partial charge in [0.2, 0.25) is 5.91 Å². The minimum atomic E-state index is 0. The third kappa shape index (κ3) is 9.87. The van der Waals surface area contributed by atoms with Crippen molar-refractivity contribution in [1.29, 1.82) is 0 Å². The number of amides is 1. The summed E-state index contributed by atoms with van der Waals surface area (Å²) in [7, 11) is 0. The van der Waals surface area contributed by atoms with Crippen LogP contribution in [0.1, 0.15) is 37.7 Å². The van der Waals surface area contributed by atoms with Gasteiger partial charge in [0.25, 0.3) is 0 Å². The van der Waals surface area contributed by atoms with E-state index in [1.807, 2.05) is 30.3 Å². The van der Waals surface area contributed by atoms with Crippen LogP contribution < -0.4 is 16.4 Å². The van der Waals surface area contributed by atoms with Crippen molar-refractivity contribution in [3.8, 4) is 0 Å². The van der Waals surface area contributed by atoms with Crippen LogP contribution in [0.25, 0.3) is 0 Å². The number of nitrogens with one attached hydrogen (secondary N) is 2. The van der Waals surface area contributed by atoms with Crippen LogP contribution in [-0.2, 0) is 11.3 Å². The van der Waals surface area contributed by atoms with Crippen LogP contribution >= 0.6 is 36.4 Å². The van der Waals surface area contributed by atoms with E-state index >= 15 is 0 Å². The van der Waals surface area contributed by atoms with Crippen molar-refractivity contribution in [3.63, 3.8) is 0 Å². The topological polar surface area (TPSA) is 67.2 Å². The first-order valence-corrected chi connectivity index (χ1v) is 9.14. The summed E-state index contributed by atoms with van der Waals surface area (Å²) in [6.07, 6.45) is 4.55. The average molecular weight is 433 g/mol. The van der Waals surface area contributed by atoms with E-state index in [1.165, 1.54) is 5.56 Å². The van der Waals surface area contributed by atoms with Crippen LogP contribution in [0.2, 0.25) is 5.02 Å². The van der Waals surface area contributed by atoms with E-state index in [4.69, 9.17) is 17.3 Å². The van der Waals surface area contributed by atoms with Gasteiger partial charge in [0.1, 0.15) is 0 Å². The van der Waals surface area contributed by atoms with Crippen molar-refractivity contribution < 1.29 is 4.79 Å². The maximum absolute atomic E-state index is 12.0. The van der Waals surface area contributed by atoms with Gasteiger partial charge in [-0.25, -0.2) is 0 Å². The second-order valence-electron chi connectivity index (χ2n) is 6.03. The third-order valence-electron chi connectivity index (χ3n) is 3.94. The quantitative estimate of drug-likeness (QED) is 0.425. The zero-order valence-electron chi connectivity index (χ0n) is 15.2. The molecule has 4 N–H and O–H groups in total. The largest absolute Gasteiger partial charge is 0.380 e. The van der Waals surface area contributed by atoms with Gasteiger partial charge in [-0.3, -0.25) is 4.79 Å². The molecule has 0 aliphatic rings. The number of anilines is 2. The third-order valence-corrected chi connectivity index (χ3v) is 4.25. The molecule has 150 valence electrons. The van der Waals surface area contributed by atoms with E-state index < -0.39 is 0 Å². The molecular formula is C20H28Cl3N3O. The molecule has 0 spiro atoms. The summed E-state index contributed by atoms with van der Waals surface area (Å²) in [6, 6.07) is 15.7. The standard InChI is InChI=1S/C20H26ClN3O.2ClH/c21-18-14-17(24-20(25)10-6-1-2-7-13-22)11-12-19(18)23-15-16-8-4-3-5-9-16;;/h3-5,8-9,11-12,14,23H,1-2,6-7,10,13,15,22H2,(H,24,25);2*1H. The molecule has 0 saturated heterocycles. The first kappa shape index (κ1) is 25.5. The van der Waals surface area contributed by atoms with Gasteiger partial charge in [-0.1, -0.05) is 54.8 Å². The highest BCUT2D eigenvalue weighted by atomic mass is 35.5. The number of unbranched alkanes of at least 4 members (excludes halogenated alkanes) is 3. The molecule has 1 amide bonds. The van der Waals surface area contributed by atoms with Gasteiger partial charge in [0.15, 0.2) is 0 Å². The normalized spacial score (nSPS) is 9.70. The molecule has 2 rings (SSSR count). The monoisotopic (exact) mass is 431 g/mol. The molecule has 0 aliphatic carbocycles. The molecule has 0 atom stereocenters. The lowest BCUT2D eigenvalue weighted by Crippen LogP contribution is -2.11. The molecule has 2 aromatic rings. The van der Waals surface area contributed by atoms with Gasteiger partial charge in [0.05, 0.1) is 10.7 Å². The Morgan fingerprint density at radius 3 is 2.33 bits per heavy atom. The Labute approximate surface area is 179 Å². The fraction of sp³-hybridized carbons (Fsp3) is 0.350. The van der Waals surface area contributed by atoms with Crippen molar-refractivity contribution in [3.05, 3.63) is 59.1 Å². The fourth-order valence-corrected chi connectivity index (χ4v) is 2.78. The first-order valence-electron chi connectivity index (χ1n) is 8.76. The molecule has 0 saturated carbocycles. The van der Waals surface area contributed by atoms with Crippen molar-refractivity contribution in [2.24, 2.45) is 5.73 Å². The average Bonchev–Trinajstić information content (AvgIpc) is 2.62. The molecule has 4 nitrogen and oxygen atoms in total. The van der Waals surface area contributed by atoms with Crippen LogP contribution in [0.3, 0.4) is 0 Å². The highest BCUT2D eigenvalue weighted by molar-refractivity contribution is 6.33. The molecule has 0 aliphatic heterocycles. The number of carbonyl (C=O) groups excluding carboxylic acids is 1. The van der Waals surface area contributed by atoms with E-state index in [0.717, 1.165) is 43.6 Å².